The van der Waals surface area contributed by atoms with Crippen molar-refractivity contribution in [1.29, 1.82) is 0 Å². The summed E-state index contributed by atoms with van der Waals surface area (Å²) in [5.41, 5.74) is 1.68. The molecule has 4 nitrogen and oxygen atoms in total. The molecular weight excluding hydrogens is 448 g/mol. The van der Waals surface area contributed by atoms with Gasteiger partial charge in [0.25, 0.3) is 0 Å². The van der Waals surface area contributed by atoms with Crippen LogP contribution in [0, 0.1) is 56.7 Å². The first-order chi connectivity index (χ1) is 16.8. The molecule has 4 heteroatoms. The molecule has 0 spiro atoms. The molecule has 0 saturated heterocycles. The first-order valence-corrected chi connectivity index (χ1v) is 14.9. The molecule has 36 heavy (non-hydrogen) atoms. The van der Waals surface area contributed by atoms with E-state index in [0.29, 0.717) is 36.2 Å². The maximum absolute atomic E-state index is 11.9. The second kappa shape index (κ2) is 8.57. The van der Waals surface area contributed by atoms with E-state index in [-0.39, 0.29) is 34.2 Å². The zero-order valence-electron chi connectivity index (χ0n) is 23.9. The van der Waals surface area contributed by atoms with E-state index in [1.807, 2.05) is 0 Å². The fraction of sp³-hybridized carbons (Fsp3) is 0.906. The molecule has 11 unspecified atom stereocenters. The highest BCUT2D eigenvalue weighted by atomic mass is 16.5. The van der Waals surface area contributed by atoms with Crippen LogP contribution in [0.3, 0.4) is 0 Å². The van der Waals surface area contributed by atoms with Gasteiger partial charge < -0.3 is 14.9 Å². The van der Waals surface area contributed by atoms with E-state index in [1.54, 1.807) is 6.92 Å². The molecule has 5 fully saturated rings. The van der Waals surface area contributed by atoms with Crippen LogP contribution in [0.1, 0.15) is 106 Å². The van der Waals surface area contributed by atoms with Crippen molar-refractivity contribution in [3.05, 3.63) is 12.2 Å². The van der Waals surface area contributed by atoms with Crippen molar-refractivity contribution in [2.24, 2.45) is 56.7 Å². The number of rotatable bonds is 4. The molecular formula is C32H52O4. The molecule has 0 aromatic rings. The van der Waals surface area contributed by atoms with Crippen molar-refractivity contribution in [2.75, 3.05) is 13.2 Å². The van der Waals surface area contributed by atoms with Gasteiger partial charge >= 0.3 is 5.97 Å². The van der Waals surface area contributed by atoms with Crippen molar-refractivity contribution in [3.63, 3.8) is 0 Å². The van der Waals surface area contributed by atoms with Crippen molar-refractivity contribution in [2.45, 2.75) is 112 Å². The van der Waals surface area contributed by atoms with Crippen LogP contribution in [-0.2, 0) is 9.53 Å². The first-order valence-electron chi connectivity index (χ1n) is 14.9. The third kappa shape index (κ3) is 3.34. The Labute approximate surface area is 219 Å². The van der Waals surface area contributed by atoms with E-state index >= 15 is 0 Å². The lowest BCUT2D eigenvalue weighted by molar-refractivity contribution is -0.255. The minimum atomic E-state index is -0.400. The normalized spacial score (nSPS) is 54.0. The Kier molecular flexibility index (Phi) is 6.36. The molecule has 0 amide bonds. The van der Waals surface area contributed by atoms with Gasteiger partial charge in [-0.15, -0.1) is 0 Å². The molecule has 204 valence electrons. The van der Waals surface area contributed by atoms with Gasteiger partial charge in [-0.1, -0.05) is 39.8 Å². The van der Waals surface area contributed by atoms with Crippen LogP contribution in [0.15, 0.2) is 12.2 Å². The Morgan fingerprint density at radius 2 is 1.61 bits per heavy atom. The number of carbonyl (C=O) groups is 1. The Bertz CT molecular complexity index is 914. The largest absolute Gasteiger partial charge is 0.465 e. The number of allylic oxidation sites excluding steroid dienone is 1. The van der Waals surface area contributed by atoms with Crippen LogP contribution in [0.2, 0.25) is 0 Å². The summed E-state index contributed by atoms with van der Waals surface area (Å²) in [5, 5.41) is 21.4. The van der Waals surface area contributed by atoms with Crippen molar-refractivity contribution in [1.82, 2.24) is 0 Å². The van der Waals surface area contributed by atoms with E-state index < -0.39 is 11.5 Å². The maximum Gasteiger partial charge on any atom is 0.302 e. The molecule has 0 aromatic heterocycles. The summed E-state index contributed by atoms with van der Waals surface area (Å²) < 4.78 is 5.77. The van der Waals surface area contributed by atoms with E-state index in [1.165, 1.54) is 37.7 Å². The quantitative estimate of drug-likeness (QED) is 0.340. The van der Waals surface area contributed by atoms with Gasteiger partial charge in [-0.2, -0.15) is 0 Å². The van der Waals surface area contributed by atoms with Crippen LogP contribution in [-0.4, -0.2) is 35.5 Å². The van der Waals surface area contributed by atoms with E-state index in [4.69, 9.17) is 4.74 Å². The summed E-state index contributed by atoms with van der Waals surface area (Å²) >= 11 is 0. The smallest absolute Gasteiger partial charge is 0.302 e. The van der Waals surface area contributed by atoms with Gasteiger partial charge in [0.15, 0.2) is 0 Å². The van der Waals surface area contributed by atoms with Crippen LogP contribution < -0.4 is 0 Å². The monoisotopic (exact) mass is 500 g/mol. The minimum absolute atomic E-state index is 0.0821. The number of ether oxygens (including phenoxy) is 1. The number of aliphatic hydroxyl groups excluding tert-OH is 2. The van der Waals surface area contributed by atoms with Crippen LogP contribution in [0.25, 0.3) is 0 Å². The Morgan fingerprint density at radius 1 is 0.889 bits per heavy atom. The summed E-state index contributed by atoms with van der Waals surface area (Å²) in [7, 11) is 0. The second-order valence-corrected chi connectivity index (χ2v) is 15.0. The molecule has 0 bridgehead atoms. The van der Waals surface area contributed by atoms with Gasteiger partial charge in [-0.25, -0.2) is 0 Å². The SMILES string of the molecule is C=C(C)C1CCC2(COC(C)=O)CCC3(C)C(CCC4C5(C)CCC(O)C(C)(CO)C5CCC43C)C12. The van der Waals surface area contributed by atoms with Crippen LogP contribution in [0.5, 0.6) is 0 Å². The third-order valence-corrected chi connectivity index (χ3v) is 13.9. The van der Waals surface area contributed by atoms with E-state index in [2.05, 4.69) is 41.2 Å². The third-order valence-electron chi connectivity index (χ3n) is 13.9. The average Bonchev–Trinajstić information content (AvgIpc) is 3.21. The number of aliphatic hydroxyl groups is 2. The van der Waals surface area contributed by atoms with E-state index in [9.17, 15) is 15.0 Å². The van der Waals surface area contributed by atoms with Crippen LogP contribution in [0.4, 0.5) is 0 Å². The number of esters is 1. The lowest BCUT2D eigenvalue weighted by Crippen LogP contribution is -2.67. The summed E-state index contributed by atoms with van der Waals surface area (Å²) in [4.78, 5) is 11.9. The minimum Gasteiger partial charge on any atom is -0.465 e. The Balaban J connectivity index is 1.53. The molecule has 5 saturated carbocycles. The first kappa shape index (κ1) is 26.7. The summed E-state index contributed by atoms with van der Waals surface area (Å²) in [5.74, 6) is 2.55. The van der Waals surface area contributed by atoms with Crippen molar-refractivity contribution < 1.29 is 19.7 Å². The highest BCUT2D eigenvalue weighted by Crippen LogP contribution is 2.77. The van der Waals surface area contributed by atoms with Crippen LogP contribution >= 0.6 is 0 Å². The maximum atomic E-state index is 11.9. The van der Waals surface area contributed by atoms with Gasteiger partial charge in [-0.3, -0.25) is 4.79 Å². The standard InChI is InChI=1S/C32H52O4/c1-20(2)22-10-15-32(19-36-21(3)34)17-16-30(6)23(27(22)32)8-9-25-28(4)13-12-26(35)29(5,18-33)24(28)11-14-31(25,30)7/h22-27,33,35H,1,8-19H2,2-7H3. The zero-order valence-corrected chi connectivity index (χ0v) is 23.9. The predicted molar refractivity (Wildman–Crippen MR) is 143 cm³/mol. The molecule has 5 aliphatic rings. The summed E-state index contributed by atoms with van der Waals surface area (Å²) in [6.45, 7) is 18.8. The molecule has 5 aliphatic carbocycles. The van der Waals surface area contributed by atoms with Gasteiger partial charge in [0.2, 0.25) is 0 Å². The highest BCUT2D eigenvalue weighted by molar-refractivity contribution is 5.65. The van der Waals surface area contributed by atoms with Crippen molar-refractivity contribution in [3.8, 4) is 0 Å². The molecule has 0 aliphatic heterocycles. The van der Waals surface area contributed by atoms with E-state index in [0.717, 1.165) is 32.1 Å². The second-order valence-electron chi connectivity index (χ2n) is 15.0. The highest BCUT2D eigenvalue weighted by Gasteiger charge is 2.71. The fourth-order valence-corrected chi connectivity index (χ4v) is 11.8. The molecule has 0 heterocycles. The molecule has 0 radical (unpaired) electrons. The molecule has 5 rings (SSSR count). The van der Waals surface area contributed by atoms with Crippen molar-refractivity contribution >= 4 is 5.97 Å². The molecule has 2 N–H and O–H groups in total. The lowest BCUT2D eigenvalue weighted by atomic mass is 9.32. The Morgan fingerprint density at radius 3 is 2.25 bits per heavy atom. The number of carbonyl (C=O) groups excluding carboxylic acids is 1. The zero-order chi connectivity index (χ0) is 26.3. The average molecular weight is 501 g/mol. The molecule has 0 aromatic carbocycles. The van der Waals surface area contributed by atoms with Gasteiger partial charge in [0.1, 0.15) is 0 Å². The number of fused-ring (bicyclic) bond motifs is 7. The lowest BCUT2D eigenvalue weighted by Gasteiger charge is -2.73. The summed E-state index contributed by atoms with van der Waals surface area (Å²) in [6.07, 6.45) is 11.0. The summed E-state index contributed by atoms with van der Waals surface area (Å²) in [6, 6.07) is 0. The number of hydrogen-bond donors (Lipinski definition) is 2. The molecule has 11 atom stereocenters. The van der Waals surface area contributed by atoms with Gasteiger partial charge in [-0.05, 0) is 117 Å². The van der Waals surface area contributed by atoms with Gasteiger partial charge in [0, 0.05) is 17.8 Å². The topological polar surface area (TPSA) is 66.8 Å². The Hall–Kier alpha value is -0.870. The van der Waals surface area contributed by atoms with Gasteiger partial charge in [0.05, 0.1) is 19.3 Å². The number of hydrogen-bond acceptors (Lipinski definition) is 4. The predicted octanol–water partition coefficient (Wildman–Crippen LogP) is 6.54. The fourth-order valence-electron chi connectivity index (χ4n) is 11.8.